The summed E-state index contributed by atoms with van der Waals surface area (Å²) in [6.45, 7) is 0. The molecule has 4 nitrogen and oxygen atoms in total. The molecule has 2 aliphatic heterocycles. The smallest absolute Gasteiger partial charge is 0.160 e. The Morgan fingerprint density at radius 1 is 0.529 bits per heavy atom. The van der Waals surface area contributed by atoms with Gasteiger partial charge in [0.25, 0.3) is 0 Å². The summed E-state index contributed by atoms with van der Waals surface area (Å²) in [4.78, 5) is 2.48. The maximum atomic E-state index is 4.05. The van der Waals surface area contributed by atoms with Crippen LogP contribution in [-0.4, -0.2) is 10.9 Å². The number of nitrogens with zero attached hydrogens (tertiary/aromatic N) is 2. The van der Waals surface area contributed by atoms with Gasteiger partial charge in [0.05, 0.1) is 28.6 Å². The Morgan fingerprint density at radius 3 is 2.08 bits per heavy atom. The van der Waals surface area contributed by atoms with Crippen LogP contribution in [0.1, 0.15) is 17.2 Å². The highest BCUT2D eigenvalue weighted by Crippen LogP contribution is 2.53. The normalized spacial score (nSPS) is 16.3. The van der Waals surface area contributed by atoms with E-state index < -0.39 is 0 Å². The minimum atomic E-state index is -0.231. The third-order valence-corrected chi connectivity index (χ3v) is 11.8. The monoisotopic (exact) mass is 672 g/mol. The molecule has 9 aromatic rings. The molecule has 2 aromatic heterocycles. The second-order valence-electron chi connectivity index (χ2n) is 13.4. The van der Waals surface area contributed by atoms with Gasteiger partial charge in [-0.1, -0.05) is 127 Å². The summed E-state index contributed by atoms with van der Waals surface area (Å²) >= 11 is 1.87. The third-order valence-electron chi connectivity index (χ3n) is 10.6. The highest BCUT2D eigenvalue weighted by atomic mass is 32.1. The van der Waals surface area contributed by atoms with Crippen LogP contribution in [0.5, 0.6) is 0 Å². The van der Waals surface area contributed by atoms with Crippen molar-refractivity contribution in [3.63, 3.8) is 0 Å². The number of nitrogens with one attached hydrogen (secondary N) is 2. The first-order valence-electron chi connectivity index (χ1n) is 17.5. The summed E-state index contributed by atoms with van der Waals surface area (Å²) in [7, 11) is 0. The van der Waals surface area contributed by atoms with Crippen LogP contribution in [0, 0.1) is 0 Å². The van der Waals surface area contributed by atoms with Gasteiger partial charge in [-0.2, -0.15) is 0 Å². The van der Waals surface area contributed by atoms with E-state index in [1.165, 1.54) is 70.3 Å². The van der Waals surface area contributed by atoms with Gasteiger partial charge in [0.15, 0.2) is 6.29 Å². The number of rotatable bonds is 3. The number of benzene rings is 7. The molecule has 0 saturated heterocycles. The highest BCUT2D eigenvalue weighted by Gasteiger charge is 2.37. The van der Waals surface area contributed by atoms with E-state index in [2.05, 4.69) is 190 Å². The molecule has 0 spiro atoms. The maximum Gasteiger partial charge on any atom is 0.160 e. The van der Waals surface area contributed by atoms with Crippen molar-refractivity contribution in [2.24, 2.45) is 0 Å². The maximum absolute atomic E-state index is 4.05. The Morgan fingerprint density at radius 2 is 1.20 bits per heavy atom. The lowest BCUT2D eigenvalue weighted by atomic mass is 9.95. The molecule has 2 aliphatic rings. The first kappa shape index (κ1) is 28.7. The first-order valence-corrected chi connectivity index (χ1v) is 18.3. The largest absolute Gasteiger partial charge is 0.352 e. The van der Waals surface area contributed by atoms with Crippen LogP contribution in [0.25, 0.3) is 59.1 Å². The second-order valence-corrected chi connectivity index (χ2v) is 14.5. The zero-order valence-corrected chi connectivity index (χ0v) is 28.4. The van der Waals surface area contributed by atoms with Crippen molar-refractivity contribution in [1.82, 2.24) is 9.88 Å². The lowest BCUT2D eigenvalue weighted by molar-refractivity contribution is 0.495. The molecule has 0 saturated carbocycles. The van der Waals surface area contributed by atoms with Crippen LogP contribution < -0.4 is 15.5 Å². The molecular formula is C46H32N4S. The number of anilines is 3. The lowest BCUT2D eigenvalue weighted by Gasteiger charge is -2.42. The summed E-state index contributed by atoms with van der Waals surface area (Å²) in [5, 5.41) is 11.8. The van der Waals surface area contributed by atoms with E-state index in [9.17, 15) is 0 Å². The fraction of sp³-hybridized carbons (Fsp3) is 0.0435. The SMILES string of the molecule is c1ccc(C2NC(N3c4ccccc4-c4c(n(-c5ccc6c(c5)sc5ccccc56)c5ccccc45)-c4ccccc43)Nc3ccccc32)cc1. The van der Waals surface area contributed by atoms with E-state index in [0.29, 0.717) is 0 Å². The van der Waals surface area contributed by atoms with Crippen molar-refractivity contribution < 1.29 is 0 Å². The van der Waals surface area contributed by atoms with Crippen LogP contribution in [-0.2, 0) is 0 Å². The van der Waals surface area contributed by atoms with Crippen molar-refractivity contribution in [2.45, 2.75) is 12.3 Å². The molecule has 0 bridgehead atoms. The van der Waals surface area contributed by atoms with Crippen LogP contribution in [0.4, 0.5) is 17.1 Å². The molecular weight excluding hydrogens is 641 g/mol. The molecule has 5 heteroatoms. The Hall–Kier alpha value is -6.14. The van der Waals surface area contributed by atoms with Crippen molar-refractivity contribution in [3.8, 4) is 28.1 Å². The van der Waals surface area contributed by atoms with Gasteiger partial charge >= 0.3 is 0 Å². The minimum absolute atomic E-state index is 0.0151. The zero-order valence-electron chi connectivity index (χ0n) is 27.6. The summed E-state index contributed by atoms with van der Waals surface area (Å²) < 4.78 is 5.11. The van der Waals surface area contributed by atoms with E-state index in [0.717, 1.165) is 17.1 Å². The summed E-state index contributed by atoms with van der Waals surface area (Å²) in [5.41, 5.74) is 13.1. The molecule has 2 atom stereocenters. The number of hydrogen-bond donors (Lipinski definition) is 2. The second kappa shape index (κ2) is 11.2. The van der Waals surface area contributed by atoms with E-state index >= 15 is 0 Å². The van der Waals surface area contributed by atoms with Gasteiger partial charge in [-0.25, -0.2) is 0 Å². The number of hydrogen-bond acceptors (Lipinski definition) is 4. The first-order chi connectivity index (χ1) is 25.3. The van der Waals surface area contributed by atoms with Gasteiger partial charge in [0.2, 0.25) is 0 Å². The number of aromatic nitrogens is 1. The van der Waals surface area contributed by atoms with Crippen molar-refractivity contribution in [2.75, 3.05) is 10.2 Å². The summed E-state index contributed by atoms with van der Waals surface area (Å²) in [5.74, 6) is 0. The Kier molecular flexibility index (Phi) is 6.29. The molecule has 2 unspecified atom stereocenters. The number of thiophene rings is 1. The molecule has 242 valence electrons. The molecule has 0 amide bonds. The zero-order chi connectivity index (χ0) is 33.5. The molecule has 11 rings (SSSR count). The molecule has 0 radical (unpaired) electrons. The predicted molar refractivity (Wildman–Crippen MR) is 214 cm³/mol. The molecule has 7 aromatic carbocycles. The standard InChI is InChI=1S/C46H32N4S/c1-2-14-29(15-3-1)44-33-17-4-9-21-37(33)47-46(48-44)50-39-23-11-6-19-35(39)43-34-18-5-10-22-38(34)49(45(43)36-20-7-12-24-40(36)50)30-26-27-32-31-16-8-13-25-41(31)51-42(32)28-30/h1-28,44,46-48H. The molecule has 2 N–H and O–H groups in total. The topological polar surface area (TPSA) is 32.2 Å². The van der Waals surface area contributed by atoms with Gasteiger partial charge in [-0.3, -0.25) is 5.32 Å². The van der Waals surface area contributed by atoms with Gasteiger partial charge in [0.1, 0.15) is 0 Å². The van der Waals surface area contributed by atoms with Crippen LogP contribution in [0.3, 0.4) is 0 Å². The average Bonchev–Trinajstić information content (AvgIpc) is 3.70. The Labute approximate surface area is 299 Å². The number of fused-ring (bicyclic) bond motifs is 11. The number of para-hydroxylation sites is 4. The van der Waals surface area contributed by atoms with E-state index in [1.54, 1.807) is 0 Å². The van der Waals surface area contributed by atoms with Gasteiger partial charge in [-0.05, 0) is 53.6 Å². The molecule has 51 heavy (non-hydrogen) atoms. The van der Waals surface area contributed by atoms with Crippen molar-refractivity contribution in [1.29, 1.82) is 0 Å². The van der Waals surface area contributed by atoms with Crippen LogP contribution in [0.15, 0.2) is 170 Å². The average molecular weight is 673 g/mol. The Balaban J connectivity index is 1.17. The highest BCUT2D eigenvalue weighted by molar-refractivity contribution is 7.25. The summed E-state index contributed by atoms with van der Waals surface area (Å²) in [6, 6.07) is 62.0. The quantitative estimate of drug-likeness (QED) is 0.196. The molecule has 4 heterocycles. The fourth-order valence-electron chi connectivity index (χ4n) is 8.45. The van der Waals surface area contributed by atoms with E-state index in [1.807, 2.05) is 11.3 Å². The van der Waals surface area contributed by atoms with Gasteiger partial charge in [-0.15, -0.1) is 11.3 Å². The molecule has 0 aliphatic carbocycles. The molecule has 0 fully saturated rings. The van der Waals surface area contributed by atoms with Crippen LogP contribution in [0.2, 0.25) is 0 Å². The minimum Gasteiger partial charge on any atom is -0.352 e. The predicted octanol–water partition coefficient (Wildman–Crippen LogP) is 11.9. The third kappa shape index (κ3) is 4.29. The van der Waals surface area contributed by atoms with Crippen LogP contribution >= 0.6 is 11.3 Å². The fourth-order valence-corrected chi connectivity index (χ4v) is 9.59. The van der Waals surface area contributed by atoms with Crippen molar-refractivity contribution in [3.05, 3.63) is 181 Å². The summed E-state index contributed by atoms with van der Waals surface area (Å²) in [6.07, 6.45) is -0.231. The van der Waals surface area contributed by atoms with E-state index in [-0.39, 0.29) is 12.3 Å². The van der Waals surface area contributed by atoms with Crippen molar-refractivity contribution >= 4 is 59.5 Å². The van der Waals surface area contributed by atoms with Gasteiger partial charge in [0, 0.05) is 53.6 Å². The van der Waals surface area contributed by atoms with Gasteiger partial charge < -0.3 is 14.8 Å². The lowest BCUT2D eigenvalue weighted by Crippen LogP contribution is -2.53. The van der Waals surface area contributed by atoms with E-state index in [4.69, 9.17) is 0 Å². The Bertz CT molecular complexity index is 2800.